The minimum Gasteiger partial charge on any atom is -0.359 e. The summed E-state index contributed by atoms with van der Waals surface area (Å²) in [5, 5.41) is 3.81. The van der Waals surface area contributed by atoms with Crippen molar-refractivity contribution < 1.29 is 4.79 Å². The van der Waals surface area contributed by atoms with Gasteiger partial charge in [-0.1, -0.05) is 24.3 Å². The third-order valence-corrected chi connectivity index (χ3v) is 5.24. The predicted octanol–water partition coefficient (Wildman–Crippen LogP) is 2.82. The minimum absolute atomic E-state index is 0.0852. The molecule has 1 aromatic carbocycles. The number of rotatable bonds is 3. The molecule has 1 saturated heterocycles. The smallest absolute Gasteiger partial charge is 0.224 e. The number of carbonyl (C=O) groups excluding carboxylic acids is 1. The Kier molecular flexibility index (Phi) is 4.10. The van der Waals surface area contributed by atoms with E-state index in [0.717, 1.165) is 43.0 Å². The lowest BCUT2D eigenvalue weighted by molar-refractivity contribution is -0.124. The Morgan fingerprint density at radius 2 is 2.38 bits per heavy atom. The lowest BCUT2D eigenvalue weighted by Crippen LogP contribution is -2.42. The van der Waals surface area contributed by atoms with Gasteiger partial charge in [-0.2, -0.15) is 0 Å². The van der Waals surface area contributed by atoms with Gasteiger partial charge in [-0.25, -0.2) is 4.98 Å². The van der Waals surface area contributed by atoms with Crippen LogP contribution in [0.15, 0.2) is 18.2 Å². The molecule has 0 aliphatic carbocycles. The number of hydrogen-bond donors (Lipinski definition) is 1. The highest BCUT2D eigenvalue weighted by Gasteiger charge is 2.26. The van der Waals surface area contributed by atoms with Gasteiger partial charge in [-0.15, -0.1) is 0 Å². The number of benzene rings is 1. The fourth-order valence-electron chi connectivity index (χ4n) is 2.88. The van der Waals surface area contributed by atoms with Crippen molar-refractivity contribution in [2.45, 2.75) is 26.2 Å². The molecule has 2 aromatic rings. The van der Waals surface area contributed by atoms with Crippen LogP contribution in [0.1, 0.15) is 25.3 Å². The van der Waals surface area contributed by atoms with E-state index in [0.29, 0.717) is 0 Å². The lowest BCUT2D eigenvalue weighted by atomic mass is 9.98. The summed E-state index contributed by atoms with van der Waals surface area (Å²) in [6.45, 7) is 3.94. The molecule has 0 radical (unpaired) electrons. The Morgan fingerprint density at radius 1 is 1.52 bits per heavy atom. The van der Waals surface area contributed by atoms with Crippen molar-refractivity contribution in [3.8, 4) is 0 Å². The van der Waals surface area contributed by atoms with Crippen LogP contribution in [-0.4, -0.2) is 31.0 Å². The first-order valence-corrected chi connectivity index (χ1v) is 8.39. The van der Waals surface area contributed by atoms with Crippen LogP contribution in [0.4, 0.5) is 5.13 Å². The standard InChI is InChI=1S/C16H21N3OS/c1-3-11-6-7-13-14(9-11)21-16(18-13)19-8-4-5-12(10-19)15(20)17-2/h6-7,9,12H,3-5,8,10H2,1-2H3,(H,17,20). The van der Waals surface area contributed by atoms with Gasteiger partial charge >= 0.3 is 0 Å². The van der Waals surface area contributed by atoms with Crippen molar-refractivity contribution in [1.29, 1.82) is 0 Å². The van der Waals surface area contributed by atoms with Crippen LogP contribution < -0.4 is 10.2 Å². The van der Waals surface area contributed by atoms with Crippen molar-refractivity contribution in [3.63, 3.8) is 0 Å². The average molecular weight is 303 g/mol. The molecule has 4 nitrogen and oxygen atoms in total. The second-order valence-electron chi connectivity index (χ2n) is 5.55. The first-order valence-electron chi connectivity index (χ1n) is 7.57. The molecule has 21 heavy (non-hydrogen) atoms. The van der Waals surface area contributed by atoms with Crippen LogP contribution in [0.5, 0.6) is 0 Å². The summed E-state index contributed by atoms with van der Waals surface area (Å²) < 4.78 is 1.24. The molecular formula is C16H21N3OS. The number of nitrogens with zero attached hydrogens (tertiary/aromatic N) is 2. The second-order valence-corrected chi connectivity index (χ2v) is 6.56. The number of aromatic nitrogens is 1. The fraction of sp³-hybridized carbons (Fsp3) is 0.500. The van der Waals surface area contributed by atoms with Gasteiger partial charge in [0.05, 0.1) is 16.1 Å². The largest absolute Gasteiger partial charge is 0.359 e. The molecule has 3 rings (SSSR count). The summed E-state index contributed by atoms with van der Waals surface area (Å²) >= 11 is 1.74. The molecule has 2 heterocycles. The average Bonchev–Trinajstić information content (AvgIpc) is 2.97. The predicted molar refractivity (Wildman–Crippen MR) is 88.0 cm³/mol. The Morgan fingerprint density at radius 3 is 3.14 bits per heavy atom. The summed E-state index contributed by atoms with van der Waals surface area (Å²) in [4.78, 5) is 18.9. The normalized spacial score (nSPS) is 19.0. The maximum Gasteiger partial charge on any atom is 0.224 e. The van der Waals surface area contributed by atoms with E-state index in [2.05, 4.69) is 35.3 Å². The van der Waals surface area contributed by atoms with Gasteiger partial charge in [0.1, 0.15) is 0 Å². The third-order valence-electron chi connectivity index (χ3n) is 4.16. The van der Waals surface area contributed by atoms with E-state index in [9.17, 15) is 4.79 Å². The molecule has 1 fully saturated rings. The van der Waals surface area contributed by atoms with Gasteiger partial charge in [-0.05, 0) is 37.0 Å². The van der Waals surface area contributed by atoms with E-state index in [1.807, 2.05) is 0 Å². The number of hydrogen-bond acceptors (Lipinski definition) is 4. The molecule has 5 heteroatoms. The molecule has 1 N–H and O–H groups in total. The Hall–Kier alpha value is -1.62. The van der Waals surface area contributed by atoms with E-state index in [1.54, 1.807) is 18.4 Å². The molecule has 1 aromatic heterocycles. The van der Waals surface area contributed by atoms with E-state index in [1.165, 1.54) is 10.3 Å². The van der Waals surface area contributed by atoms with Crippen LogP contribution in [0.25, 0.3) is 10.2 Å². The van der Waals surface area contributed by atoms with Gasteiger partial charge in [0.2, 0.25) is 5.91 Å². The molecule has 1 amide bonds. The van der Waals surface area contributed by atoms with Crippen molar-refractivity contribution >= 4 is 32.6 Å². The minimum atomic E-state index is 0.0852. The van der Waals surface area contributed by atoms with Crippen LogP contribution in [0.3, 0.4) is 0 Å². The molecule has 0 spiro atoms. The number of nitrogens with one attached hydrogen (secondary N) is 1. The number of thiazole rings is 1. The quantitative estimate of drug-likeness (QED) is 0.948. The zero-order chi connectivity index (χ0) is 14.8. The van der Waals surface area contributed by atoms with Gasteiger partial charge < -0.3 is 10.2 Å². The summed E-state index contributed by atoms with van der Waals surface area (Å²) in [6.07, 6.45) is 3.07. The van der Waals surface area contributed by atoms with Crippen molar-refractivity contribution in [2.75, 3.05) is 25.0 Å². The molecule has 1 aliphatic rings. The first kappa shape index (κ1) is 14.3. The van der Waals surface area contributed by atoms with Crippen molar-refractivity contribution in [1.82, 2.24) is 10.3 Å². The molecule has 112 valence electrons. The number of piperidine rings is 1. The molecule has 1 aliphatic heterocycles. The van der Waals surface area contributed by atoms with Crippen LogP contribution in [0, 0.1) is 5.92 Å². The molecule has 0 bridgehead atoms. The van der Waals surface area contributed by atoms with Gasteiger partial charge in [0.25, 0.3) is 0 Å². The highest BCUT2D eigenvalue weighted by molar-refractivity contribution is 7.22. The number of aryl methyl sites for hydroxylation is 1. The van der Waals surface area contributed by atoms with Crippen molar-refractivity contribution in [3.05, 3.63) is 23.8 Å². The topological polar surface area (TPSA) is 45.2 Å². The SMILES string of the molecule is CCc1ccc2nc(N3CCCC(C(=O)NC)C3)sc2c1. The summed E-state index contributed by atoms with van der Waals surface area (Å²) in [7, 11) is 1.71. The Balaban J connectivity index is 1.84. The Bertz CT molecular complexity index is 652. The monoisotopic (exact) mass is 303 g/mol. The maximum absolute atomic E-state index is 11.8. The number of anilines is 1. The zero-order valence-corrected chi connectivity index (χ0v) is 13.4. The fourth-order valence-corrected chi connectivity index (χ4v) is 3.95. The maximum atomic E-state index is 11.8. The van der Waals surface area contributed by atoms with Crippen LogP contribution in [0.2, 0.25) is 0 Å². The van der Waals surface area contributed by atoms with E-state index in [-0.39, 0.29) is 11.8 Å². The van der Waals surface area contributed by atoms with Crippen molar-refractivity contribution in [2.24, 2.45) is 5.92 Å². The molecule has 1 unspecified atom stereocenters. The number of amides is 1. The highest BCUT2D eigenvalue weighted by Crippen LogP contribution is 2.32. The lowest BCUT2D eigenvalue weighted by Gasteiger charge is -2.31. The zero-order valence-electron chi connectivity index (χ0n) is 12.6. The number of fused-ring (bicyclic) bond motifs is 1. The number of carbonyl (C=O) groups is 1. The highest BCUT2D eigenvalue weighted by atomic mass is 32.1. The van der Waals surface area contributed by atoms with E-state index >= 15 is 0 Å². The molecule has 0 saturated carbocycles. The first-order chi connectivity index (χ1) is 10.2. The third kappa shape index (κ3) is 2.88. The van der Waals surface area contributed by atoms with E-state index in [4.69, 9.17) is 4.98 Å². The summed E-state index contributed by atoms with van der Waals surface area (Å²) in [5.41, 5.74) is 2.41. The van der Waals surface area contributed by atoms with Gasteiger partial charge in [0.15, 0.2) is 5.13 Å². The second kappa shape index (κ2) is 6.02. The van der Waals surface area contributed by atoms with E-state index < -0.39 is 0 Å². The van der Waals surface area contributed by atoms with Gasteiger partial charge in [-0.3, -0.25) is 4.79 Å². The van der Waals surface area contributed by atoms with Crippen LogP contribution >= 0.6 is 11.3 Å². The summed E-state index contributed by atoms with van der Waals surface area (Å²) in [6, 6.07) is 6.49. The molecule has 1 atom stereocenters. The molecular weight excluding hydrogens is 282 g/mol. The van der Waals surface area contributed by atoms with Gasteiger partial charge in [0, 0.05) is 20.1 Å². The Labute approximate surface area is 129 Å². The summed E-state index contributed by atoms with van der Waals surface area (Å²) in [5.74, 6) is 0.232. The van der Waals surface area contributed by atoms with Crippen LogP contribution in [-0.2, 0) is 11.2 Å².